The fraction of sp³-hybridized carbons (Fsp3) is 0.278. The van der Waals surface area contributed by atoms with Gasteiger partial charge in [0.1, 0.15) is 6.07 Å². The van der Waals surface area contributed by atoms with E-state index in [-0.39, 0.29) is 23.5 Å². The quantitative estimate of drug-likeness (QED) is 0.837. The van der Waals surface area contributed by atoms with E-state index in [1.165, 1.54) is 16.4 Å². The Morgan fingerprint density at radius 1 is 1.12 bits per heavy atom. The molecule has 0 bridgehead atoms. The van der Waals surface area contributed by atoms with E-state index in [1.54, 1.807) is 19.1 Å². The largest absolute Gasteiger partial charge is 0.392 e. The minimum absolute atomic E-state index is 0.0203. The van der Waals surface area contributed by atoms with Crippen molar-refractivity contribution in [3.8, 4) is 6.07 Å². The van der Waals surface area contributed by atoms with Gasteiger partial charge in [0, 0.05) is 13.1 Å². The van der Waals surface area contributed by atoms with Crippen LogP contribution in [0.15, 0.2) is 59.5 Å². The first-order valence-electron chi connectivity index (χ1n) is 7.70. The minimum atomic E-state index is -3.90. The molecule has 0 saturated heterocycles. The second-order valence-electron chi connectivity index (χ2n) is 5.45. The Balaban J connectivity index is 2.43. The van der Waals surface area contributed by atoms with Gasteiger partial charge in [-0.1, -0.05) is 49.4 Å². The normalized spacial score (nSPS) is 12.8. The Hall–Kier alpha value is -2.20. The summed E-state index contributed by atoms with van der Waals surface area (Å²) in [5.41, 5.74) is 0.917. The predicted octanol–water partition coefficient (Wildman–Crippen LogP) is 2.52. The lowest BCUT2D eigenvalue weighted by atomic mass is 10.2. The molecule has 1 N–H and O–H groups in total. The summed E-state index contributed by atoms with van der Waals surface area (Å²) in [5, 5.41) is 19.2. The van der Waals surface area contributed by atoms with Crippen molar-refractivity contribution in [2.75, 3.05) is 6.54 Å². The maximum Gasteiger partial charge on any atom is 0.244 e. The Morgan fingerprint density at radius 2 is 1.75 bits per heavy atom. The Morgan fingerprint density at radius 3 is 2.38 bits per heavy atom. The van der Waals surface area contributed by atoms with Crippen LogP contribution >= 0.6 is 0 Å². The first kappa shape index (κ1) is 18.1. The number of aliphatic hydroxyl groups excluding tert-OH is 1. The van der Waals surface area contributed by atoms with Gasteiger partial charge in [0.05, 0.1) is 16.6 Å². The number of sulfonamides is 1. The number of hydrogen-bond donors (Lipinski definition) is 1. The SMILES string of the molecule is CC[C@@H](O)CN(Cc1ccccc1)S(=O)(=O)c1ccccc1C#N. The van der Waals surface area contributed by atoms with Crippen LogP contribution in [0.5, 0.6) is 0 Å². The van der Waals surface area contributed by atoms with Crippen LogP contribution in [0.1, 0.15) is 24.5 Å². The van der Waals surface area contributed by atoms with Gasteiger partial charge in [0.15, 0.2) is 0 Å². The summed E-state index contributed by atoms with van der Waals surface area (Å²) in [6.07, 6.45) is -0.321. The average Bonchev–Trinajstić information content (AvgIpc) is 2.61. The molecule has 24 heavy (non-hydrogen) atoms. The van der Waals surface area contributed by atoms with Crippen molar-refractivity contribution in [1.82, 2.24) is 4.31 Å². The minimum Gasteiger partial charge on any atom is -0.392 e. The summed E-state index contributed by atoms with van der Waals surface area (Å²) in [4.78, 5) is -0.0354. The number of aliphatic hydroxyl groups is 1. The molecule has 0 spiro atoms. The molecule has 126 valence electrons. The van der Waals surface area contributed by atoms with Crippen LogP contribution in [-0.4, -0.2) is 30.5 Å². The van der Waals surface area contributed by atoms with Crippen LogP contribution in [0, 0.1) is 11.3 Å². The highest BCUT2D eigenvalue weighted by molar-refractivity contribution is 7.89. The van der Waals surface area contributed by atoms with Crippen molar-refractivity contribution >= 4 is 10.0 Å². The van der Waals surface area contributed by atoms with Gasteiger partial charge in [0.2, 0.25) is 10.0 Å². The molecule has 0 aromatic heterocycles. The third-order valence-corrected chi connectivity index (χ3v) is 5.58. The maximum absolute atomic E-state index is 13.0. The third kappa shape index (κ3) is 4.20. The second kappa shape index (κ2) is 8.06. The molecule has 6 heteroatoms. The van der Waals surface area contributed by atoms with Crippen LogP contribution in [0.3, 0.4) is 0 Å². The maximum atomic E-state index is 13.0. The fourth-order valence-electron chi connectivity index (χ4n) is 2.32. The van der Waals surface area contributed by atoms with Crippen LogP contribution in [0.4, 0.5) is 0 Å². The summed E-state index contributed by atoms with van der Waals surface area (Å²) >= 11 is 0. The molecule has 0 aliphatic heterocycles. The smallest absolute Gasteiger partial charge is 0.244 e. The summed E-state index contributed by atoms with van der Waals surface area (Å²) in [5.74, 6) is 0. The first-order chi connectivity index (χ1) is 11.5. The summed E-state index contributed by atoms with van der Waals surface area (Å²) in [6.45, 7) is 1.91. The lowest BCUT2D eigenvalue weighted by Gasteiger charge is -2.25. The zero-order valence-electron chi connectivity index (χ0n) is 13.5. The third-order valence-electron chi connectivity index (χ3n) is 3.71. The van der Waals surface area contributed by atoms with Crippen LogP contribution in [0.2, 0.25) is 0 Å². The number of nitrogens with zero attached hydrogens (tertiary/aromatic N) is 2. The van der Waals surface area contributed by atoms with Gasteiger partial charge < -0.3 is 5.11 Å². The number of rotatable bonds is 7. The summed E-state index contributed by atoms with van der Waals surface area (Å²) in [6, 6.07) is 17.2. The van der Waals surface area contributed by atoms with Gasteiger partial charge in [0.25, 0.3) is 0 Å². The van der Waals surface area contributed by atoms with E-state index < -0.39 is 16.1 Å². The molecule has 2 aromatic rings. The van der Waals surface area contributed by atoms with Gasteiger partial charge in [-0.25, -0.2) is 8.42 Å². The predicted molar refractivity (Wildman–Crippen MR) is 91.5 cm³/mol. The van der Waals surface area contributed by atoms with Gasteiger partial charge >= 0.3 is 0 Å². The van der Waals surface area contributed by atoms with Crippen LogP contribution in [0.25, 0.3) is 0 Å². The standard InChI is InChI=1S/C18H20N2O3S/c1-2-17(21)14-20(13-15-8-4-3-5-9-15)24(22,23)18-11-7-6-10-16(18)12-19/h3-11,17,21H,2,13-14H2,1H3/t17-/m1/s1. The lowest BCUT2D eigenvalue weighted by Crippen LogP contribution is -2.37. The Bertz CT molecular complexity index is 814. The highest BCUT2D eigenvalue weighted by Gasteiger charge is 2.28. The molecule has 2 rings (SSSR count). The highest BCUT2D eigenvalue weighted by Crippen LogP contribution is 2.22. The number of hydrogen-bond acceptors (Lipinski definition) is 4. The molecule has 0 saturated carbocycles. The Labute approximate surface area is 142 Å². The van der Waals surface area contributed by atoms with E-state index >= 15 is 0 Å². The lowest BCUT2D eigenvalue weighted by molar-refractivity contribution is 0.140. The number of nitriles is 1. The molecule has 0 unspecified atom stereocenters. The monoisotopic (exact) mass is 344 g/mol. The molecule has 1 atom stereocenters. The highest BCUT2D eigenvalue weighted by atomic mass is 32.2. The fourth-order valence-corrected chi connectivity index (χ4v) is 3.93. The van der Waals surface area contributed by atoms with Gasteiger partial charge in [-0.15, -0.1) is 0 Å². The molecule has 5 nitrogen and oxygen atoms in total. The van der Waals surface area contributed by atoms with Crippen molar-refractivity contribution < 1.29 is 13.5 Å². The van der Waals surface area contributed by atoms with E-state index in [0.717, 1.165) is 5.56 Å². The number of benzene rings is 2. The van der Waals surface area contributed by atoms with E-state index in [4.69, 9.17) is 0 Å². The summed E-state index contributed by atoms with van der Waals surface area (Å²) in [7, 11) is -3.90. The van der Waals surface area contributed by atoms with Crippen molar-refractivity contribution in [1.29, 1.82) is 5.26 Å². The topological polar surface area (TPSA) is 81.4 Å². The van der Waals surface area contributed by atoms with Crippen molar-refractivity contribution in [3.05, 3.63) is 65.7 Å². The molecule has 0 heterocycles. The molecular formula is C18H20N2O3S. The molecule has 0 aliphatic rings. The van der Waals surface area contributed by atoms with Crippen molar-refractivity contribution in [2.24, 2.45) is 0 Å². The zero-order chi connectivity index (χ0) is 17.6. The molecule has 0 radical (unpaired) electrons. The second-order valence-corrected chi connectivity index (χ2v) is 7.36. The van der Waals surface area contributed by atoms with E-state index in [2.05, 4.69) is 0 Å². The van der Waals surface area contributed by atoms with Crippen molar-refractivity contribution in [3.63, 3.8) is 0 Å². The van der Waals surface area contributed by atoms with Gasteiger partial charge in [-0.05, 0) is 24.1 Å². The van der Waals surface area contributed by atoms with Gasteiger partial charge in [-0.2, -0.15) is 9.57 Å². The zero-order valence-corrected chi connectivity index (χ0v) is 14.3. The van der Waals surface area contributed by atoms with E-state index in [1.807, 2.05) is 36.4 Å². The van der Waals surface area contributed by atoms with Gasteiger partial charge in [-0.3, -0.25) is 0 Å². The van der Waals surface area contributed by atoms with E-state index in [9.17, 15) is 18.8 Å². The van der Waals surface area contributed by atoms with Crippen LogP contribution in [-0.2, 0) is 16.6 Å². The molecule has 0 amide bonds. The molecule has 2 aromatic carbocycles. The molecular weight excluding hydrogens is 324 g/mol. The summed E-state index contributed by atoms with van der Waals surface area (Å²) < 4.78 is 27.3. The van der Waals surface area contributed by atoms with Crippen LogP contribution < -0.4 is 0 Å². The molecule has 0 aliphatic carbocycles. The van der Waals surface area contributed by atoms with E-state index in [0.29, 0.717) is 6.42 Å². The average molecular weight is 344 g/mol. The Kier molecular flexibility index (Phi) is 6.10. The first-order valence-corrected chi connectivity index (χ1v) is 9.14. The van der Waals surface area contributed by atoms with Crippen molar-refractivity contribution in [2.45, 2.75) is 30.9 Å². The molecule has 0 fully saturated rings.